The minimum absolute atomic E-state index is 0. The van der Waals surface area contributed by atoms with Crippen molar-refractivity contribution in [1.29, 1.82) is 0 Å². The van der Waals surface area contributed by atoms with E-state index in [1.165, 1.54) is 24.9 Å². The van der Waals surface area contributed by atoms with Crippen molar-refractivity contribution >= 4 is 24.1 Å². The monoisotopic (exact) mass is 392 g/mol. The number of aliphatic hydroxyl groups excluding tert-OH is 1. The number of esters is 1. The highest BCUT2D eigenvalue weighted by molar-refractivity contribution is 5.92. The van der Waals surface area contributed by atoms with E-state index in [1.807, 2.05) is 18.2 Å². The predicted octanol–water partition coefficient (Wildman–Crippen LogP) is 2.46. The van der Waals surface area contributed by atoms with Crippen LogP contribution in [-0.2, 0) is 4.74 Å². The van der Waals surface area contributed by atoms with Crippen molar-refractivity contribution in [3.8, 4) is 5.75 Å². The molecule has 0 aromatic heterocycles. The zero-order valence-electron chi connectivity index (χ0n) is 15.2. The second-order valence-corrected chi connectivity index (χ2v) is 6.41. The van der Waals surface area contributed by atoms with Gasteiger partial charge in [0.1, 0.15) is 11.3 Å². The van der Waals surface area contributed by atoms with Crippen molar-refractivity contribution < 1.29 is 19.7 Å². The molecule has 6 nitrogen and oxygen atoms in total. The van der Waals surface area contributed by atoms with Crippen LogP contribution in [0.5, 0.6) is 5.75 Å². The van der Waals surface area contributed by atoms with Crippen LogP contribution < -0.4 is 4.90 Å². The highest BCUT2D eigenvalue weighted by atomic mass is 35.5. The first-order valence-electron chi connectivity index (χ1n) is 8.70. The summed E-state index contributed by atoms with van der Waals surface area (Å²) in [4.78, 5) is 16.2. The summed E-state index contributed by atoms with van der Waals surface area (Å²) in [5, 5.41) is 20.3. The molecule has 0 bridgehead atoms. The number of phenols is 1. The fourth-order valence-electron chi connectivity index (χ4n) is 3.21. The fraction of sp³-hybridized carbons (Fsp3) is 0.350. The number of rotatable bonds is 5. The number of anilines is 1. The minimum Gasteiger partial charge on any atom is -0.507 e. The lowest BCUT2D eigenvalue weighted by Gasteiger charge is -2.37. The molecule has 1 fully saturated rings. The summed E-state index contributed by atoms with van der Waals surface area (Å²) in [6, 6.07) is 14.8. The van der Waals surface area contributed by atoms with E-state index in [-0.39, 0.29) is 23.7 Å². The molecule has 0 aliphatic carbocycles. The van der Waals surface area contributed by atoms with E-state index in [0.717, 1.165) is 26.2 Å². The lowest BCUT2D eigenvalue weighted by atomic mass is 10.0. The molecule has 1 saturated heterocycles. The van der Waals surface area contributed by atoms with E-state index < -0.39 is 12.1 Å². The third-order valence-corrected chi connectivity index (χ3v) is 4.74. The molecule has 0 saturated carbocycles. The number of aliphatic hydroxyl groups is 1. The van der Waals surface area contributed by atoms with E-state index in [9.17, 15) is 15.0 Å². The van der Waals surface area contributed by atoms with Crippen molar-refractivity contribution in [3.63, 3.8) is 0 Å². The van der Waals surface area contributed by atoms with E-state index in [4.69, 9.17) is 0 Å². The maximum atomic E-state index is 11.7. The number of ether oxygens (including phenoxy) is 1. The SMILES string of the molecule is COC(=O)c1cc(C(O)CN2CCN(c3ccccc3)CC2)ccc1O.Cl. The van der Waals surface area contributed by atoms with Crippen LogP contribution in [0.1, 0.15) is 22.0 Å². The summed E-state index contributed by atoms with van der Waals surface area (Å²) < 4.78 is 4.66. The van der Waals surface area contributed by atoms with Gasteiger partial charge in [-0.3, -0.25) is 4.90 Å². The number of methoxy groups -OCH3 is 1. The van der Waals surface area contributed by atoms with Crippen molar-refractivity contribution in [2.75, 3.05) is 44.7 Å². The number of hydrogen-bond acceptors (Lipinski definition) is 6. The van der Waals surface area contributed by atoms with Gasteiger partial charge in [0.15, 0.2) is 0 Å². The van der Waals surface area contributed by atoms with Gasteiger partial charge in [0, 0.05) is 38.4 Å². The Morgan fingerprint density at radius 2 is 1.78 bits per heavy atom. The Morgan fingerprint density at radius 3 is 2.41 bits per heavy atom. The van der Waals surface area contributed by atoms with Crippen LogP contribution in [0.15, 0.2) is 48.5 Å². The molecule has 0 amide bonds. The Balaban J connectivity index is 0.00000261. The molecule has 1 aliphatic rings. The Hall–Kier alpha value is -2.28. The van der Waals surface area contributed by atoms with Gasteiger partial charge in [-0.15, -0.1) is 12.4 Å². The number of β-amino-alcohol motifs (C(OH)–C–C–N with tert-alkyl or cyclic N) is 1. The van der Waals surface area contributed by atoms with E-state index in [0.29, 0.717) is 12.1 Å². The number of carbonyl (C=O) groups excluding carboxylic acids is 1. The third kappa shape index (κ3) is 5.13. The Morgan fingerprint density at radius 1 is 1.11 bits per heavy atom. The number of hydrogen-bond donors (Lipinski definition) is 2. The number of phenolic OH excluding ortho intramolecular Hbond substituents is 1. The normalized spacial score (nSPS) is 15.7. The van der Waals surface area contributed by atoms with Crippen molar-refractivity contribution in [3.05, 3.63) is 59.7 Å². The zero-order chi connectivity index (χ0) is 18.5. The van der Waals surface area contributed by atoms with Crippen molar-refractivity contribution in [2.45, 2.75) is 6.10 Å². The lowest BCUT2D eigenvalue weighted by molar-refractivity contribution is 0.0596. The molecule has 1 heterocycles. The molecule has 27 heavy (non-hydrogen) atoms. The first kappa shape index (κ1) is 21.0. The molecule has 1 atom stereocenters. The smallest absolute Gasteiger partial charge is 0.341 e. The molecular formula is C20H25ClN2O4. The van der Waals surface area contributed by atoms with Crippen molar-refractivity contribution in [1.82, 2.24) is 4.90 Å². The van der Waals surface area contributed by atoms with Crippen LogP contribution in [0.25, 0.3) is 0 Å². The van der Waals surface area contributed by atoms with Crippen LogP contribution in [0.3, 0.4) is 0 Å². The fourth-order valence-corrected chi connectivity index (χ4v) is 3.21. The Kier molecular flexibility index (Phi) is 7.47. The Labute approximate surface area is 165 Å². The maximum absolute atomic E-state index is 11.7. The first-order valence-corrected chi connectivity index (χ1v) is 8.70. The molecule has 0 spiro atoms. The van der Waals surface area contributed by atoms with Gasteiger partial charge >= 0.3 is 5.97 Å². The van der Waals surface area contributed by atoms with Crippen LogP contribution in [0.2, 0.25) is 0 Å². The van der Waals surface area contributed by atoms with Gasteiger partial charge in [0.25, 0.3) is 0 Å². The number of aromatic hydroxyl groups is 1. The predicted molar refractivity (Wildman–Crippen MR) is 107 cm³/mol. The van der Waals surface area contributed by atoms with Gasteiger partial charge in [-0.1, -0.05) is 24.3 Å². The van der Waals surface area contributed by atoms with Crippen LogP contribution >= 0.6 is 12.4 Å². The zero-order valence-corrected chi connectivity index (χ0v) is 16.1. The number of piperazine rings is 1. The lowest BCUT2D eigenvalue weighted by Crippen LogP contribution is -2.47. The average Bonchev–Trinajstić information content (AvgIpc) is 2.69. The molecule has 146 valence electrons. The third-order valence-electron chi connectivity index (χ3n) is 4.74. The second-order valence-electron chi connectivity index (χ2n) is 6.41. The number of halogens is 1. The summed E-state index contributed by atoms with van der Waals surface area (Å²) in [5.41, 5.74) is 1.88. The van der Waals surface area contributed by atoms with E-state index >= 15 is 0 Å². The second kappa shape index (κ2) is 9.60. The molecule has 2 aromatic carbocycles. The summed E-state index contributed by atoms with van der Waals surface area (Å²) >= 11 is 0. The molecule has 1 unspecified atom stereocenters. The van der Waals surface area contributed by atoms with Gasteiger partial charge in [0.05, 0.1) is 13.2 Å². The molecular weight excluding hydrogens is 368 g/mol. The van der Waals surface area contributed by atoms with Gasteiger partial charge < -0.3 is 19.8 Å². The maximum Gasteiger partial charge on any atom is 0.341 e. The summed E-state index contributed by atoms with van der Waals surface area (Å²) in [5.74, 6) is -0.766. The number of benzene rings is 2. The first-order chi connectivity index (χ1) is 12.6. The largest absolute Gasteiger partial charge is 0.507 e. The number of nitrogens with zero attached hydrogens (tertiary/aromatic N) is 2. The van der Waals surface area contributed by atoms with Crippen LogP contribution in [0, 0.1) is 0 Å². The molecule has 1 aliphatic heterocycles. The van der Waals surface area contributed by atoms with E-state index in [2.05, 4.69) is 26.7 Å². The topological polar surface area (TPSA) is 73.2 Å². The van der Waals surface area contributed by atoms with Gasteiger partial charge in [-0.05, 0) is 29.8 Å². The minimum atomic E-state index is -0.734. The highest BCUT2D eigenvalue weighted by Crippen LogP contribution is 2.24. The summed E-state index contributed by atoms with van der Waals surface area (Å²) in [6.07, 6.45) is -0.734. The highest BCUT2D eigenvalue weighted by Gasteiger charge is 2.21. The molecule has 3 rings (SSSR count). The van der Waals surface area contributed by atoms with Crippen LogP contribution in [-0.4, -0.2) is 60.9 Å². The number of para-hydroxylation sites is 1. The molecule has 7 heteroatoms. The molecule has 2 N–H and O–H groups in total. The number of carbonyl (C=O) groups is 1. The standard InChI is InChI=1S/C20H24N2O4.ClH/c1-26-20(25)17-13-15(7-8-18(17)23)19(24)14-21-9-11-22(12-10-21)16-5-3-2-4-6-16;/h2-8,13,19,23-24H,9-12,14H2,1H3;1H. The molecule has 0 radical (unpaired) electrons. The quantitative estimate of drug-likeness (QED) is 0.761. The Bertz CT molecular complexity index is 749. The summed E-state index contributed by atoms with van der Waals surface area (Å²) in [6.45, 7) is 4.00. The molecule has 2 aromatic rings. The van der Waals surface area contributed by atoms with Gasteiger partial charge in [-0.25, -0.2) is 4.79 Å². The van der Waals surface area contributed by atoms with Gasteiger partial charge in [0.2, 0.25) is 0 Å². The van der Waals surface area contributed by atoms with Crippen LogP contribution in [0.4, 0.5) is 5.69 Å². The average molecular weight is 393 g/mol. The van der Waals surface area contributed by atoms with Gasteiger partial charge in [-0.2, -0.15) is 0 Å². The van der Waals surface area contributed by atoms with E-state index in [1.54, 1.807) is 6.07 Å². The van der Waals surface area contributed by atoms with Crippen molar-refractivity contribution in [2.24, 2.45) is 0 Å². The summed E-state index contributed by atoms with van der Waals surface area (Å²) in [7, 11) is 1.26.